The first-order valence-electron chi connectivity index (χ1n) is 3.94. The zero-order valence-electron chi connectivity index (χ0n) is 7.64. The average molecular weight is 219 g/mol. The maximum Gasteiger partial charge on any atom is 0.0466 e. The van der Waals surface area contributed by atoms with Gasteiger partial charge in [-0.2, -0.15) is 0 Å². The highest BCUT2D eigenvalue weighted by atomic mass is 35.5. The van der Waals surface area contributed by atoms with Crippen molar-refractivity contribution in [2.45, 2.75) is 6.54 Å². The Morgan fingerprint density at radius 3 is 2.54 bits per heavy atom. The predicted molar refractivity (Wildman–Crippen MR) is 57.0 cm³/mol. The minimum Gasteiger partial charge on any atom is -0.251 e. The van der Waals surface area contributed by atoms with E-state index in [1.807, 2.05) is 31.2 Å². The molecule has 2 nitrogen and oxygen atoms in total. The minimum atomic E-state index is 0.665. The summed E-state index contributed by atoms with van der Waals surface area (Å²) in [6.07, 6.45) is 0. The summed E-state index contributed by atoms with van der Waals surface area (Å²) >= 11 is 11.7. The number of nitrogens with one attached hydrogen (secondary N) is 1. The highest BCUT2D eigenvalue weighted by molar-refractivity contribution is 6.35. The van der Waals surface area contributed by atoms with Gasteiger partial charge in [-0.15, -0.1) is 0 Å². The molecule has 0 spiro atoms. The van der Waals surface area contributed by atoms with E-state index in [0.29, 0.717) is 16.6 Å². The highest BCUT2D eigenvalue weighted by Crippen LogP contribution is 2.20. The Hall–Kier alpha value is -0.280. The van der Waals surface area contributed by atoms with E-state index in [2.05, 4.69) is 5.43 Å². The van der Waals surface area contributed by atoms with E-state index in [1.165, 1.54) is 0 Å². The third kappa shape index (κ3) is 3.53. The molecule has 0 fully saturated rings. The van der Waals surface area contributed by atoms with Gasteiger partial charge >= 0.3 is 0 Å². The van der Waals surface area contributed by atoms with Crippen LogP contribution in [0.3, 0.4) is 0 Å². The molecule has 0 amide bonds. The molecule has 4 heteroatoms. The van der Waals surface area contributed by atoms with Crippen molar-refractivity contribution in [1.29, 1.82) is 0 Å². The maximum atomic E-state index is 5.97. The van der Waals surface area contributed by atoms with Crippen molar-refractivity contribution in [3.8, 4) is 0 Å². The monoisotopic (exact) mass is 218 g/mol. The van der Waals surface area contributed by atoms with Gasteiger partial charge in [-0.25, -0.2) is 0 Å². The smallest absolute Gasteiger partial charge is 0.0466 e. The lowest BCUT2D eigenvalue weighted by Crippen LogP contribution is -2.29. The van der Waals surface area contributed by atoms with Crippen LogP contribution in [-0.4, -0.2) is 19.1 Å². The quantitative estimate of drug-likeness (QED) is 0.786. The van der Waals surface area contributed by atoms with Crippen molar-refractivity contribution in [2.75, 3.05) is 14.1 Å². The topological polar surface area (TPSA) is 15.3 Å². The van der Waals surface area contributed by atoms with Crippen LogP contribution in [0.5, 0.6) is 0 Å². The molecule has 0 saturated heterocycles. The largest absolute Gasteiger partial charge is 0.251 e. The molecule has 1 N–H and O–H groups in total. The van der Waals surface area contributed by atoms with E-state index in [9.17, 15) is 0 Å². The molecule has 13 heavy (non-hydrogen) atoms. The molecule has 0 unspecified atom stereocenters. The number of benzene rings is 1. The van der Waals surface area contributed by atoms with Gasteiger partial charge in [0.2, 0.25) is 0 Å². The van der Waals surface area contributed by atoms with Gasteiger partial charge in [0.15, 0.2) is 0 Å². The summed E-state index contributed by atoms with van der Waals surface area (Å²) < 4.78 is 0. The first-order chi connectivity index (χ1) is 6.09. The van der Waals surface area contributed by atoms with Gasteiger partial charge in [-0.3, -0.25) is 10.4 Å². The van der Waals surface area contributed by atoms with Crippen molar-refractivity contribution in [3.63, 3.8) is 0 Å². The zero-order valence-corrected chi connectivity index (χ0v) is 9.15. The molecular weight excluding hydrogens is 207 g/mol. The van der Waals surface area contributed by atoms with Crippen molar-refractivity contribution < 1.29 is 0 Å². The van der Waals surface area contributed by atoms with E-state index in [-0.39, 0.29) is 0 Å². The van der Waals surface area contributed by atoms with E-state index in [4.69, 9.17) is 23.2 Å². The Bertz CT molecular complexity index is 287. The van der Waals surface area contributed by atoms with Gasteiger partial charge in [-0.1, -0.05) is 29.3 Å². The summed E-state index contributed by atoms with van der Waals surface area (Å²) in [4.78, 5) is 0. The molecule has 1 aromatic carbocycles. The van der Waals surface area contributed by atoms with Gasteiger partial charge in [0.25, 0.3) is 0 Å². The van der Waals surface area contributed by atoms with Crippen LogP contribution in [-0.2, 0) is 6.54 Å². The third-order valence-corrected chi connectivity index (χ3v) is 2.19. The standard InChI is InChI=1S/C9H12Cl2N2/c1-13(2)12-6-7-3-4-8(10)5-9(7)11/h3-5,12H,6H2,1-2H3. The van der Waals surface area contributed by atoms with Crippen molar-refractivity contribution in [2.24, 2.45) is 0 Å². The summed E-state index contributed by atoms with van der Waals surface area (Å²) in [7, 11) is 3.87. The van der Waals surface area contributed by atoms with Crippen LogP contribution < -0.4 is 5.43 Å². The van der Waals surface area contributed by atoms with Crippen LogP contribution in [0, 0.1) is 0 Å². The minimum absolute atomic E-state index is 0.665. The van der Waals surface area contributed by atoms with Gasteiger partial charge in [0.1, 0.15) is 0 Å². The number of hydrogen-bond acceptors (Lipinski definition) is 2. The SMILES string of the molecule is CN(C)NCc1ccc(Cl)cc1Cl. The van der Waals surface area contributed by atoms with Crippen LogP contribution in [0.15, 0.2) is 18.2 Å². The Balaban J connectivity index is 2.67. The fourth-order valence-corrected chi connectivity index (χ4v) is 1.38. The lowest BCUT2D eigenvalue weighted by molar-refractivity contribution is 0.286. The first kappa shape index (κ1) is 10.8. The molecule has 0 radical (unpaired) electrons. The Morgan fingerprint density at radius 1 is 1.31 bits per heavy atom. The van der Waals surface area contributed by atoms with Crippen molar-refractivity contribution in [3.05, 3.63) is 33.8 Å². The third-order valence-electron chi connectivity index (χ3n) is 1.60. The normalized spacial score (nSPS) is 10.8. The van der Waals surface area contributed by atoms with E-state index in [1.54, 1.807) is 6.07 Å². The summed E-state index contributed by atoms with van der Waals surface area (Å²) in [5, 5.41) is 3.24. The number of halogens is 2. The Kier molecular flexibility index (Phi) is 4.00. The average Bonchev–Trinajstić information content (AvgIpc) is 2.02. The van der Waals surface area contributed by atoms with Gasteiger partial charge in [0.05, 0.1) is 0 Å². The number of rotatable bonds is 3. The van der Waals surface area contributed by atoms with Crippen molar-refractivity contribution in [1.82, 2.24) is 10.4 Å². The van der Waals surface area contributed by atoms with Crippen LogP contribution in [0.2, 0.25) is 10.0 Å². The molecule has 0 aliphatic carbocycles. The molecule has 0 aromatic heterocycles. The first-order valence-corrected chi connectivity index (χ1v) is 4.70. The molecule has 0 saturated carbocycles. The number of nitrogens with zero attached hydrogens (tertiary/aromatic N) is 1. The molecule has 1 rings (SSSR count). The van der Waals surface area contributed by atoms with Crippen LogP contribution in [0.25, 0.3) is 0 Å². The van der Waals surface area contributed by atoms with E-state index in [0.717, 1.165) is 5.56 Å². The fraction of sp³-hybridized carbons (Fsp3) is 0.333. The van der Waals surface area contributed by atoms with Crippen molar-refractivity contribution >= 4 is 23.2 Å². The molecule has 72 valence electrons. The molecule has 0 atom stereocenters. The molecule has 0 bridgehead atoms. The zero-order chi connectivity index (χ0) is 9.84. The van der Waals surface area contributed by atoms with E-state index >= 15 is 0 Å². The van der Waals surface area contributed by atoms with Gasteiger partial charge < -0.3 is 0 Å². The fourth-order valence-electron chi connectivity index (χ4n) is 0.908. The Labute approximate surface area is 88.4 Å². The van der Waals surface area contributed by atoms with E-state index < -0.39 is 0 Å². The second-order valence-electron chi connectivity index (χ2n) is 2.97. The lowest BCUT2D eigenvalue weighted by atomic mass is 10.2. The second-order valence-corrected chi connectivity index (χ2v) is 3.81. The summed E-state index contributed by atoms with van der Waals surface area (Å²) in [5.74, 6) is 0. The maximum absolute atomic E-state index is 5.97. The molecular formula is C9H12Cl2N2. The highest BCUT2D eigenvalue weighted by Gasteiger charge is 2.00. The van der Waals surface area contributed by atoms with Gasteiger partial charge in [0, 0.05) is 30.7 Å². The number of hydrazine groups is 1. The van der Waals surface area contributed by atoms with Crippen LogP contribution >= 0.6 is 23.2 Å². The molecule has 0 aliphatic rings. The molecule has 1 aromatic rings. The molecule has 0 heterocycles. The van der Waals surface area contributed by atoms with Crippen LogP contribution in [0.1, 0.15) is 5.56 Å². The summed E-state index contributed by atoms with van der Waals surface area (Å²) in [6, 6.07) is 5.50. The summed E-state index contributed by atoms with van der Waals surface area (Å²) in [5.41, 5.74) is 4.17. The summed E-state index contributed by atoms with van der Waals surface area (Å²) in [6.45, 7) is 0.711. The number of hydrogen-bond donors (Lipinski definition) is 1. The lowest BCUT2D eigenvalue weighted by Gasteiger charge is -2.12. The predicted octanol–water partition coefficient (Wildman–Crippen LogP) is 2.56. The van der Waals surface area contributed by atoms with Crippen LogP contribution in [0.4, 0.5) is 0 Å². The van der Waals surface area contributed by atoms with Gasteiger partial charge in [-0.05, 0) is 17.7 Å². The second kappa shape index (κ2) is 4.82. The molecule has 0 aliphatic heterocycles. The Morgan fingerprint density at radius 2 is 2.00 bits per heavy atom.